The Balaban J connectivity index is 1.85. The summed E-state index contributed by atoms with van der Waals surface area (Å²) in [5.41, 5.74) is 0. The molecular formula is C15H22O4S. The Morgan fingerprint density at radius 3 is 2.75 bits per heavy atom. The van der Waals surface area contributed by atoms with Crippen LogP contribution in [0.3, 0.4) is 0 Å². The van der Waals surface area contributed by atoms with E-state index in [1.54, 1.807) is 11.8 Å². The van der Waals surface area contributed by atoms with Gasteiger partial charge in [0.25, 0.3) is 0 Å². The maximum atomic E-state index is 9.84. The molecule has 1 unspecified atom stereocenters. The van der Waals surface area contributed by atoms with Gasteiger partial charge in [0.15, 0.2) is 11.5 Å². The lowest BCUT2D eigenvalue weighted by Crippen LogP contribution is -2.20. The van der Waals surface area contributed by atoms with Crippen molar-refractivity contribution in [3.05, 3.63) is 18.2 Å². The van der Waals surface area contributed by atoms with Gasteiger partial charge >= 0.3 is 0 Å². The van der Waals surface area contributed by atoms with Crippen LogP contribution in [0.2, 0.25) is 0 Å². The summed E-state index contributed by atoms with van der Waals surface area (Å²) in [5.74, 6) is 2.20. The zero-order valence-electron chi connectivity index (χ0n) is 12.0. The van der Waals surface area contributed by atoms with Crippen molar-refractivity contribution in [1.82, 2.24) is 0 Å². The Hall–Kier alpha value is -0.910. The van der Waals surface area contributed by atoms with Gasteiger partial charge in [0.2, 0.25) is 0 Å². The highest BCUT2D eigenvalue weighted by Gasteiger charge is 2.12. The van der Waals surface area contributed by atoms with Gasteiger partial charge in [-0.1, -0.05) is 0 Å². The molecule has 1 heterocycles. The molecule has 1 atom stereocenters. The first-order valence-electron chi connectivity index (χ1n) is 6.97. The highest BCUT2D eigenvalue weighted by atomic mass is 32.2. The van der Waals surface area contributed by atoms with Crippen molar-refractivity contribution >= 4 is 11.8 Å². The molecule has 1 aromatic rings. The SMILES string of the molecule is CC(C)OCC(O)CSc1ccc2c(c1)OCCCO2. The van der Waals surface area contributed by atoms with Gasteiger partial charge in [0.1, 0.15) is 0 Å². The first-order chi connectivity index (χ1) is 9.65. The van der Waals surface area contributed by atoms with E-state index in [0.29, 0.717) is 25.6 Å². The molecular weight excluding hydrogens is 276 g/mol. The smallest absolute Gasteiger partial charge is 0.162 e. The first-order valence-corrected chi connectivity index (χ1v) is 7.96. The van der Waals surface area contributed by atoms with E-state index in [0.717, 1.165) is 22.8 Å². The predicted octanol–water partition coefficient (Wildman–Crippen LogP) is 2.73. The van der Waals surface area contributed by atoms with Gasteiger partial charge in [-0.2, -0.15) is 0 Å². The predicted molar refractivity (Wildman–Crippen MR) is 79.9 cm³/mol. The summed E-state index contributed by atoms with van der Waals surface area (Å²) in [7, 11) is 0. The number of aliphatic hydroxyl groups is 1. The normalized spacial score (nSPS) is 16.0. The Morgan fingerprint density at radius 2 is 2.00 bits per heavy atom. The molecule has 0 fully saturated rings. The third-order valence-electron chi connectivity index (χ3n) is 2.78. The Kier molecular flexibility index (Phi) is 6.01. The van der Waals surface area contributed by atoms with Crippen molar-refractivity contribution < 1.29 is 19.3 Å². The lowest BCUT2D eigenvalue weighted by molar-refractivity contribution is 0.0152. The molecule has 0 saturated carbocycles. The minimum Gasteiger partial charge on any atom is -0.490 e. The van der Waals surface area contributed by atoms with Crippen molar-refractivity contribution in [2.45, 2.75) is 37.4 Å². The number of hydrogen-bond donors (Lipinski definition) is 1. The fraction of sp³-hybridized carbons (Fsp3) is 0.600. The maximum Gasteiger partial charge on any atom is 0.162 e. The fourth-order valence-corrected chi connectivity index (χ4v) is 2.61. The lowest BCUT2D eigenvalue weighted by Gasteiger charge is -2.14. The Bertz CT molecular complexity index is 422. The van der Waals surface area contributed by atoms with Crippen molar-refractivity contribution in [3.63, 3.8) is 0 Å². The van der Waals surface area contributed by atoms with E-state index in [1.165, 1.54) is 0 Å². The Labute approximate surface area is 124 Å². The molecule has 1 aromatic carbocycles. The summed E-state index contributed by atoms with van der Waals surface area (Å²) in [5, 5.41) is 9.84. The second kappa shape index (κ2) is 7.76. The van der Waals surface area contributed by atoms with E-state index in [2.05, 4.69) is 0 Å². The molecule has 1 aliphatic rings. The minimum absolute atomic E-state index is 0.146. The lowest BCUT2D eigenvalue weighted by atomic mass is 10.3. The molecule has 4 nitrogen and oxygen atoms in total. The summed E-state index contributed by atoms with van der Waals surface area (Å²) in [6, 6.07) is 5.90. The van der Waals surface area contributed by atoms with Crippen LogP contribution in [0.4, 0.5) is 0 Å². The number of ether oxygens (including phenoxy) is 3. The van der Waals surface area contributed by atoms with Crippen LogP contribution >= 0.6 is 11.8 Å². The second-order valence-electron chi connectivity index (χ2n) is 5.01. The molecule has 5 heteroatoms. The van der Waals surface area contributed by atoms with Gasteiger partial charge in [0, 0.05) is 17.1 Å². The molecule has 1 N–H and O–H groups in total. The topological polar surface area (TPSA) is 47.9 Å². The van der Waals surface area contributed by atoms with Crippen LogP contribution in [0.25, 0.3) is 0 Å². The third-order valence-corrected chi connectivity index (χ3v) is 3.92. The molecule has 0 radical (unpaired) electrons. The van der Waals surface area contributed by atoms with Crippen LogP contribution in [0.15, 0.2) is 23.1 Å². The average molecular weight is 298 g/mol. The molecule has 1 aliphatic heterocycles. The third kappa shape index (κ3) is 4.89. The first kappa shape index (κ1) is 15.5. The van der Waals surface area contributed by atoms with Gasteiger partial charge in [-0.3, -0.25) is 0 Å². The number of aliphatic hydroxyl groups excluding tert-OH is 1. The van der Waals surface area contributed by atoms with Crippen molar-refractivity contribution in [1.29, 1.82) is 0 Å². The summed E-state index contributed by atoms with van der Waals surface area (Å²) in [6.45, 7) is 5.68. The molecule has 0 aromatic heterocycles. The maximum absolute atomic E-state index is 9.84. The number of rotatable bonds is 6. The summed E-state index contributed by atoms with van der Waals surface area (Å²) >= 11 is 1.59. The molecule has 0 aliphatic carbocycles. The molecule has 0 saturated heterocycles. The molecule has 2 rings (SSSR count). The zero-order chi connectivity index (χ0) is 14.4. The van der Waals surface area contributed by atoms with Gasteiger partial charge in [0.05, 0.1) is 32.0 Å². The number of thioether (sulfide) groups is 1. The van der Waals surface area contributed by atoms with E-state index in [1.807, 2.05) is 32.0 Å². The minimum atomic E-state index is -0.460. The van der Waals surface area contributed by atoms with Crippen molar-refractivity contribution in [2.24, 2.45) is 0 Å². The standard InChI is InChI=1S/C15H22O4S/c1-11(2)19-9-12(16)10-20-13-4-5-14-15(8-13)18-7-3-6-17-14/h4-5,8,11-12,16H,3,6-7,9-10H2,1-2H3. The molecule has 0 amide bonds. The summed E-state index contributed by atoms with van der Waals surface area (Å²) < 4.78 is 16.6. The van der Waals surface area contributed by atoms with E-state index in [-0.39, 0.29) is 6.10 Å². The van der Waals surface area contributed by atoms with E-state index in [4.69, 9.17) is 14.2 Å². The van der Waals surface area contributed by atoms with Gasteiger partial charge in [-0.15, -0.1) is 11.8 Å². The number of hydrogen-bond acceptors (Lipinski definition) is 5. The quantitative estimate of drug-likeness (QED) is 0.818. The summed E-state index contributed by atoms with van der Waals surface area (Å²) in [6.07, 6.45) is 0.591. The van der Waals surface area contributed by atoms with Crippen LogP contribution in [0.5, 0.6) is 11.5 Å². The fourth-order valence-electron chi connectivity index (χ4n) is 1.78. The molecule has 20 heavy (non-hydrogen) atoms. The zero-order valence-corrected chi connectivity index (χ0v) is 12.8. The van der Waals surface area contributed by atoms with Crippen LogP contribution in [0.1, 0.15) is 20.3 Å². The van der Waals surface area contributed by atoms with Crippen LogP contribution in [-0.2, 0) is 4.74 Å². The number of fused-ring (bicyclic) bond motifs is 1. The second-order valence-corrected chi connectivity index (χ2v) is 6.10. The molecule has 0 bridgehead atoms. The van der Waals surface area contributed by atoms with Crippen LogP contribution in [-0.4, -0.2) is 42.9 Å². The van der Waals surface area contributed by atoms with Gasteiger partial charge in [-0.05, 0) is 32.0 Å². The molecule has 112 valence electrons. The van der Waals surface area contributed by atoms with E-state index < -0.39 is 6.10 Å². The van der Waals surface area contributed by atoms with Gasteiger partial charge in [-0.25, -0.2) is 0 Å². The highest BCUT2D eigenvalue weighted by molar-refractivity contribution is 7.99. The summed E-state index contributed by atoms with van der Waals surface area (Å²) in [4.78, 5) is 1.07. The molecule has 0 spiro atoms. The van der Waals surface area contributed by atoms with Crippen LogP contribution < -0.4 is 9.47 Å². The van der Waals surface area contributed by atoms with Crippen molar-refractivity contribution in [3.8, 4) is 11.5 Å². The van der Waals surface area contributed by atoms with E-state index in [9.17, 15) is 5.11 Å². The highest BCUT2D eigenvalue weighted by Crippen LogP contribution is 2.34. The monoisotopic (exact) mass is 298 g/mol. The largest absolute Gasteiger partial charge is 0.490 e. The number of benzene rings is 1. The average Bonchev–Trinajstić information content (AvgIpc) is 2.67. The van der Waals surface area contributed by atoms with Crippen molar-refractivity contribution in [2.75, 3.05) is 25.6 Å². The van der Waals surface area contributed by atoms with E-state index >= 15 is 0 Å². The van der Waals surface area contributed by atoms with Gasteiger partial charge < -0.3 is 19.3 Å². The Morgan fingerprint density at radius 1 is 1.25 bits per heavy atom. The van der Waals surface area contributed by atoms with Crippen LogP contribution in [0, 0.1) is 0 Å².